The molecule has 0 bridgehead atoms. The molecule has 4 rings (SSSR count). The van der Waals surface area contributed by atoms with Crippen molar-refractivity contribution < 1.29 is 13.2 Å². The maximum atomic E-state index is 13.3. The molecule has 3 N–H and O–H groups in total. The lowest BCUT2D eigenvalue weighted by Gasteiger charge is -2.43. The van der Waals surface area contributed by atoms with Crippen molar-refractivity contribution in [2.75, 3.05) is 24.2 Å². The molecular formula is C27H29F3N4. The number of para-hydroxylation sites is 1. The molecule has 1 aliphatic heterocycles. The number of hydrogen-bond acceptors (Lipinski definition) is 4. The quantitative estimate of drug-likeness (QED) is 0.356. The van der Waals surface area contributed by atoms with E-state index < -0.39 is 11.7 Å². The standard InChI is InChI=1S/C27H29F3N4/c1-4-16-31-24-17-20(27(28,29)30)14-15-21(24)18(2)32-26-22-12-8-9-13-23(22)33-25(34(26)3)19-10-6-5-7-11-19/h5-15,17,25-26,31-33H,2,4,16H2,1,3H3. The zero-order valence-corrected chi connectivity index (χ0v) is 19.3. The van der Waals surface area contributed by atoms with Crippen LogP contribution in [0.4, 0.5) is 24.5 Å². The molecule has 178 valence electrons. The summed E-state index contributed by atoms with van der Waals surface area (Å²) in [5, 5.41) is 10.2. The first kappa shape index (κ1) is 23.7. The van der Waals surface area contributed by atoms with E-state index in [0.29, 0.717) is 23.5 Å². The molecule has 0 aromatic heterocycles. The SMILES string of the molecule is C=C(NC1c2ccccc2NC(c2ccccc2)N1C)c1ccc(C(F)(F)F)cc1NCCC. The predicted molar refractivity (Wildman–Crippen MR) is 132 cm³/mol. The van der Waals surface area contributed by atoms with Crippen molar-refractivity contribution in [1.29, 1.82) is 0 Å². The zero-order valence-electron chi connectivity index (χ0n) is 19.3. The Labute approximate surface area is 198 Å². The Morgan fingerprint density at radius 2 is 1.74 bits per heavy atom. The van der Waals surface area contributed by atoms with Gasteiger partial charge in [-0.05, 0) is 37.2 Å². The molecule has 4 nitrogen and oxygen atoms in total. The van der Waals surface area contributed by atoms with E-state index in [1.165, 1.54) is 6.07 Å². The summed E-state index contributed by atoms with van der Waals surface area (Å²) in [5.74, 6) is 0. The second-order valence-electron chi connectivity index (χ2n) is 8.42. The largest absolute Gasteiger partial charge is 0.416 e. The van der Waals surface area contributed by atoms with Crippen LogP contribution in [-0.2, 0) is 6.18 Å². The molecule has 0 aliphatic carbocycles. The molecule has 2 unspecified atom stereocenters. The van der Waals surface area contributed by atoms with Crippen LogP contribution >= 0.6 is 0 Å². The van der Waals surface area contributed by atoms with Gasteiger partial charge in [0.1, 0.15) is 12.3 Å². The highest BCUT2D eigenvalue weighted by Crippen LogP contribution is 2.40. The number of halogens is 3. The minimum Gasteiger partial charge on any atom is -0.384 e. The summed E-state index contributed by atoms with van der Waals surface area (Å²) >= 11 is 0. The number of nitrogens with one attached hydrogen (secondary N) is 3. The van der Waals surface area contributed by atoms with Crippen LogP contribution in [-0.4, -0.2) is 18.5 Å². The van der Waals surface area contributed by atoms with Crippen LogP contribution in [0.2, 0.25) is 0 Å². The third-order valence-corrected chi connectivity index (χ3v) is 6.03. The molecule has 0 saturated carbocycles. The zero-order chi connectivity index (χ0) is 24.3. The second-order valence-corrected chi connectivity index (χ2v) is 8.42. The topological polar surface area (TPSA) is 39.3 Å². The number of fused-ring (bicyclic) bond motifs is 1. The van der Waals surface area contributed by atoms with Crippen molar-refractivity contribution >= 4 is 17.1 Å². The van der Waals surface area contributed by atoms with Gasteiger partial charge in [0.25, 0.3) is 0 Å². The molecule has 1 aliphatic rings. The minimum absolute atomic E-state index is 0.0910. The molecule has 0 spiro atoms. The highest BCUT2D eigenvalue weighted by Gasteiger charge is 2.34. The Balaban J connectivity index is 1.67. The smallest absolute Gasteiger partial charge is 0.384 e. The lowest BCUT2D eigenvalue weighted by atomic mass is 10.0. The fourth-order valence-corrected chi connectivity index (χ4v) is 4.25. The molecule has 1 heterocycles. The van der Waals surface area contributed by atoms with E-state index in [4.69, 9.17) is 0 Å². The lowest BCUT2D eigenvalue weighted by molar-refractivity contribution is -0.137. The molecular weight excluding hydrogens is 437 g/mol. The van der Waals surface area contributed by atoms with Crippen LogP contribution in [0.3, 0.4) is 0 Å². The van der Waals surface area contributed by atoms with Crippen molar-refractivity contribution in [3.63, 3.8) is 0 Å². The van der Waals surface area contributed by atoms with Gasteiger partial charge in [0, 0.05) is 34.7 Å². The summed E-state index contributed by atoms with van der Waals surface area (Å²) in [4.78, 5) is 2.16. The Bertz CT molecular complexity index is 1140. The average molecular weight is 467 g/mol. The first-order valence-electron chi connectivity index (χ1n) is 11.3. The van der Waals surface area contributed by atoms with Crippen molar-refractivity contribution in [3.8, 4) is 0 Å². The van der Waals surface area contributed by atoms with Crippen LogP contribution < -0.4 is 16.0 Å². The molecule has 3 aromatic rings. The van der Waals surface area contributed by atoms with Gasteiger partial charge >= 0.3 is 6.18 Å². The van der Waals surface area contributed by atoms with E-state index in [1.54, 1.807) is 0 Å². The van der Waals surface area contributed by atoms with Crippen molar-refractivity contribution in [2.45, 2.75) is 31.9 Å². The molecule has 0 amide bonds. The third kappa shape index (κ3) is 4.89. The van der Waals surface area contributed by atoms with Gasteiger partial charge in [-0.2, -0.15) is 13.2 Å². The van der Waals surface area contributed by atoms with Gasteiger partial charge < -0.3 is 16.0 Å². The fourth-order valence-electron chi connectivity index (χ4n) is 4.25. The molecule has 34 heavy (non-hydrogen) atoms. The molecule has 3 aromatic carbocycles. The Morgan fingerprint density at radius 1 is 1.03 bits per heavy atom. The molecule has 0 radical (unpaired) electrons. The van der Waals surface area contributed by atoms with E-state index in [1.807, 2.05) is 56.4 Å². The minimum atomic E-state index is -4.41. The van der Waals surface area contributed by atoms with Crippen LogP contribution in [0.1, 0.15) is 47.9 Å². The molecule has 7 heteroatoms. The van der Waals surface area contributed by atoms with E-state index in [-0.39, 0.29) is 12.3 Å². The number of anilines is 2. The normalized spacial score (nSPS) is 18.0. The van der Waals surface area contributed by atoms with Crippen molar-refractivity contribution in [2.24, 2.45) is 0 Å². The Kier molecular flexibility index (Phi) is 6.84. The predicted octanol–water partition coefficient (Wildman–Crippen LogP) is 6.84. The summed E-state index contributed by atoms with van der Waals surface area (Å²) in [6, 6.07) is 21.9. The number of alkyl halides is 3. The molecule has 0 fully saturated rings. The summed E-state index contributed by atoms with van der Waals surface area (Å²) in [6.45, 7) is 6.74. The summed E-state index contributed by atoms with van der Waals surface area (Å²) in [7, 11) is 2.01. The monoisotopic (exact) mass is 466 g/mol. The Morgan fingerprint density at radius 3 is 2.44 bits per heavy atom. The van der Waals surface area contributed by atoms with E-state index in [0.717, 1.165) is 35.4 Å². The lowest BCUT2D eigenvalue weighted by Crippen LogP contribution is -2.44. The van der Waals surface area contributed by atoms with E-state index in [9.17, 15) is 13.2 Å². The molecule has 0 saturated heterocycles. The van der Waals surface area contributed by atoms with Crippen molar-refractivity contribution in [1.82, 2.24) is 10.2 Å². The van der Waals surface area contributed by atoms with E-state index in [2.05, 4.69) is 39.6 Å². The van der Waals surface area contributed by atoms with Gasteiger partial charge in [-0.1, -0.05) is 68.1 Å². The first-order chi connectivity index (χ1) is 16.3. The number of benzene rings is 3. The fraction of sp³-hybridized carbons (Fsp3) is 0.259. The highest BCUT2D eigenvalue weighted by molar-refractivity contribution is 5.75. The number of hydrogen-bond donors (Lipinski definition) is 3. The van der Waals surface area contributed by atoms with Gasteiger partial charge in [0.05, 0.1) is 5.56 Å². The van der Waals surface area contributed by atoms with Gasteiger partial charge in [-0.3, -0.25) is 4.90 Å². The van der Waals surface area contributed by atoms with Crippen LogP contribution in [0.5, 0.6) is 0 Å². The maximum Gasteiger partial charge on any atom is 0.416 e. The van der Waals surface area contributed by atoms with Crippen LogP contribution in [0, 0.1) is 0 Å². The number of nitrogens with zero attached hydrogens (tertiary/aromatic N) is 1. The van der Waals surface area contributed by atoms with Crippen molar-refractivity contribution in [3.05, 3.63) is 102 Å². The number of rotatable bonds is 7. The van der Waals surface area contributed by atoms with Gasteiger partial charge in [-0.25, -0.2) is 0 Å². The third-order valence-electron chi connectivity index (χ3n) is 6.03. The van der Waals surface area contributed by atoms with Gasteiger partial charge in [-0.15, -0.1) is 0 Å². The summed E-state index contributed by atoms with van der Waals surface area (Å²) < 4.78 is 40.0. The Hall–Kier alpha value is -3.45. The summed E-state index contributed by atoms with van der Waals surface area (Å²) in [6.07, 6.45) is -3.95. The van der Waals surface area contributed by atoms with E-state index >= 15 is 0 Å². The summed E-state index contributed by atoms with van der Waals surface area (Å²) in [5.41, 5.74) is 4.03. The molecule has 2 atom stereocenters. The van der Waals surface area contributed by atoms with Crippen LogP contribution in [0.15, 0.2) is 79.4 Å². The average Bonchev–Trinajstić information content (AvgIpc) is 2.84. The first-order valence-corrected chi connectivity index (χ1v) is 11.3. The van der Waals surface area contributed by atoms with Gasteiger partial charge in [0.2, 0.25) is 0 Å². The second kappa shape index (κ2) is 9.81. The van der Waals surface area contributed by atoms with Gasteiger partial charge in [0.15, 0.2) is 0 Å². The maximum absolute atomic E-state index is 13.3. The van der Waals surface area contributed by atoms with Crippen LogP contribution in [0.25, 0.3) is 5.70 Å². The highest BCUT2D eigenvalue weighted by atomic mass is 19.4.